The molecular formula is C17H22N2O2. The Labute approximate surface area is 125 Å². The highest BCUT2D eigenvalue weighted by atomic mass is 16.6. The van der Waals surface area contributed by atoms with Crippen molar-refractivity contribution < 1.29 is 9.53 Å². The van der Waals surface area contributed by atoms with E-state index in [9.17, 15) is 4.79 Å². The van der Waals surface area contributed by atoms with Crippen LogP contribution in [0, 0.1) is 0 Å². The van der Waals surface area contributed by atoms with Crippen molar-refractivity contribution >= 4 is 16.9 Å². The number of hydrogen-bond donors (Lipinski definition) is 2. The molecule has 0 aliphatic carbocycles. The first-order chi connectivity index (χ1) is 9.87. The molecule has 1 unspecified atom stereocenters. The van der Waals surface area contributed by atoms with Crippen molar-refractivity contribution in [1.29, 1.82) is 0 Å². The Kier molecular flexibility index (Phi) is 4.48. The highest BCUT2D eigenvalue weighted by Crippen LogP contribution is 2.23. The van der Waals surface area contributed by atoms with E-state index in [0.717, 1.165) is 5.56 Å². The normalized spacial score (nSPS) is 13.0. The molecule has 0 saturated heterocycles. The van der Waals surface area contributed by atoms with E-state index in [1.54, 1.807) is 0 Å². The van der Waals surface area contributed by atoms with E-state index in [0.29, 0.717) is 0 Å². The molecule has 0 saturated carbocycles. The van der Waals surface area contributed by atoms with Crippen LogP contribution in [0.25, 0.3) is 10.8 Å². The monoisotopic (exact) mass is 286 g/mol. The second-order valence-corrected chi connectivity index (χ2v) is 6.06. The van der Waals surface area contributed by atoms with Gasteiger partial charge in [0.1, 0.15) is 5.60 Å². The number of rotatable bonds is 3. The van der Waals surface area contributed by atoms with Crippen molar-refractivity contribution in [2.45, 2.75) is 39.3 Å². The Morgan fingerprint density at radius 1 is 1.10 bits per heavy atom. The molecule has 0 bridgehead atoms. The van der Waals surface area contributed by atoms with Gasteiger partial charge in [-0.25, -0.2) is 10.2 Å². The van der Waals surface area contributed by atoms with Crippen LogP contribution in [0.1, 0.15) is 39.3 Å². The summed E-state index contributed by atoms with van der Waals surface area (Å²) in [5.41, 5.74) is 6.20. The highest BCUT2D eigenvalue weighted by molar-refractivity contribution is 5.86. The van der Waals surface area contributed by atoms with Gasteiger partial charge in [0.25, 0.3) is 0 Å². The van der Waals surface area contributed by atoms with E-state index in [-0.39, 0.29) is 6.04 Å². The van der Waals surface area contributed by atoms with Gasteiger partial charge in [-0.3, -0.25) is 5.43 Å². The standard InChI is InChI=1S/C17H22N2O2/c1-12(18-19-16(20)21-17(2,3)4)14-11-7-9-13-8-5-6-10-15(13)14/h5-12,18H,1-4H3,(H,19,20). The van der Waals surface area contributed by atoms with Crippen LogP contribution in [0.3, 0.4) is 0 Å². The molecule has 0 aliphatic heterocycles. The lowest BCUT2D eigenvalue weighted by Gasteiger charge is -2.22. The van der Waals surface area contributed by atoms with Crippen molar-refractivity contribution in [1.82, 2.24) is 10.9 Å². The van der Waals surface area contributed by atoms with Gasteiger partial charge in [0.15, 0.2) is 0 Å². The number of hydrazine groups is 1. The Morgan fingerprint density at radius 3 is 2.48 bits per heavy atom. The van der Waals surface area contributed by atoms with E-state index < -0.39 is 11.7 Å². The second kappa shape index (κ2) is 6.14. The third-order valence-corrected chi connectivity index (χ3v) is 3.08. The number of carbonyl (C=O) groups excluding carboxylic acids is 1. The van der Waals surface area contributed by atoms with Crippen LogP contribution in [0.5, 0.6) is 0 Å². The smallest absolute Gasteiger partial charge is 0.422 e. The van der Waals surface area contributed by atoms with Gasteiger partial charge in [0, 0.05) is 6.04 Å². The predicted octanol–water partition coefficient (Wildman–Crippen LogP) is 3.93. The van der Waals surface area contributed by atoms with Gasteiger partial charge in [-0.15, -0.1) is 0 Å². The molecule has 4 nitrogen and oxygen atoms in total. The summed E-state index contributed by atoms with van der Waals surface area (Å²) in [4.78, 5) is 11.7. The average Bonchev–Trinajstić information content (AvgIpc) is 2.42. The fourth-order valence-electron chi connectivity index (χ4n) is 2.18. The summed E-state index contributed by atoms with van der Waals surface area (Å²) >= 11 is 0. The van der Waals surface area contributed by atoms with Crippen LogP contribution in [0.2, 0.25) is 0 Å². The zero-order valence-electron chi connectivity index (χ0n) is 12.9. The number of carbonyl (C=O) groups is 1. The van der Waals surface area contributed by atoms with E-state index in [2.05, 4.69) is 35.1 Å². The fraction of sp³-hybridized carbons (Fsp3) is 0.353. The molecule has 0 radical (unpaired) electrons. The average molecular weight is 286 g/mol. The summed E-state index contributed by atoms with van der Waals surface area (Å²) in [7, 11) is 0. The molecule has 21 heavy (non-hydrogen) atoms. The first-order valence-electron chi connectivity index (χ1n) is 7.09. The van der Waals surface area contributed by atoms with Gasteiger partial charge in [0.05, 0.1) is 0 Å². The lowest BCUT2D eigenvalue weighted by molar-refractivity contribution is 0.0489. The van der Waals surface area contributed by atoms with Gasteiger partial charge >= 0.3 is 6.09 Å². The second-order valence-electron chi connectivity index (χ2n) is 6.06. The molecule has 2 N–H and O–H groups in total. The summed E-state index contributed by atoms with van der Waals surface area (Å²) in [6.07, 6.45) is -0.477. The zero-order valence-corrected chi connectivity index (χ0v) is 12.9. The van der Waals surface area contributed by atoms with Crippen molar-refractivity contribution in [3.8, 4) is 0 Å². The van der Waals surface area contributed by atoms with Gasteiger partial charge in [-0.05, 0) is 44.0 Å². The molecule has 2 rings (SSSR count). The zero-order chi connectivity index (χ0) is 15.5. The molecule has 0 fully saturated rings. The first-order valence-corrected chi connectivity index (χ1v) is 7.09. The maximum atomic E-state index is 11.7. The Bertz CT molecular complexity index is 627. The molecule has 2 aromatic carbocycles. The van der Waals surface area contributed by atoms with Crippen molar-refractivity contribution in [2.75, 3.05) is 0 Å². The lowest BCUT2D eigenvalue weighted by atomic mass is 10.0. The number of ether oxygens (including phenoxy) is 1. The van der Waals surface area contributed by atoms with Crippen LogP contribution in [0.15, 0.2) is 42.5 Å². The van der Waals surface area contributed by atoms with Gasteiger partial charge in [-0.2, -0.15) is 0 Å². The molecule has 0 spiro atoms. The minimum Gasteiger partial charge on any atom is -0.443 e. The molecule has 112 valence electrons. The molecular weight excluding hydrogens is 264 g/mol. The van der Waals surface area contributed by atoms with E-state index in [1.165, 1.54) is 10.8 Å². The van der Waals surface area contributed by atoms with E-state index in [1.807, 2.05) is 45.9 Å². The predicted molar refractivity (Wildman–Crippen MR) is 84.9 cm³/mol. The van der Waals surface area contributed by atoms with Gasteiger partial charge in [-0.1, -0.05) is 42.5 Å². The first kappa shape index (κ1) is 15.3. The summed E-state index contributed by atoms with van der Waals surface area (Å²) < 4.78 is 5.20. The van der Waals surface area contributed by atoms with Crippen molar-refractivity contribution in [3.63, 3.8) is 0 Å². The van der Waals surface area contributed by atoms with Crippen LogP contribution >= 0.6 is 0 Å². The largest absolute Gasteiger partial charge is 0.443 e. The van der Waals surface area contributed by atoms with Crippen LogP contribution in [-0.4, -0.2) is 11.7 Å². The summed E-state index contributed by atoms with van der Waals surface area (Å²) in [6, 6.07) is 14.3. The van der Waals surface area contributed by atoms with Crippen molar-refractivity contribution in [3.05, 3.63) is 48.0 Å². The minimum atomic E-state index is -0.506. The number of nitrogens with one attached hydrogen (secondary N) is 2. The maximum Gasteiger partial charge on any atom is 0.422 e. The third-order valence-electron chi connectivity index (χ3n) is 3.08. The molecule has 0 heterocycles. The summed E-state index contributed by atoms with van der Waals surface area (Å²) in [5, 5.41) is 2.35. The third kappa shape index (κ3) is 4.20. The van der Waals surface area contributed by atoms with E-state index in [4.69, 9.17) is 4.74 Å². The molecule has 1 amide bonds. The van der Waals surface area contributed by atoms with Crippen LogP contribution in [0.4, 0.5) is 4.79 Å². The molecule has 1 atom stereocenters. The fourth-order valence-corrected chi connectivity index (χ4v) is 2.18. The highest BCUT2D eigenvalue weighted by Gasteiger charge is 2.17. The number of amides is 1. The molecule has 4 heteroatoms. The van der Waals surface area contributed by atoms with Crippen LogP contribution < -0.4 is 10.9 Å². The SMILES string of the molecule is CC(NNC(=O)OC(C)(C)C)c1cccc2ccccc12. The number of hydrogen-bond acceptors (Lipinski definition) is 3. The summed E-state index contributed by atoms with van der Waals surface area (Å²) in [5.74, 6) is 0. The number of fused-ring (bicyclic) bond motifs is 1. The minimum absolute atomic E-state index is 0.0244. The molecule has 0 aromatic heterocycles. The molecule has 0 aliphatic rings. The number of benzene rings is 2. The van der Waals surface area contributed by atoms with Gasteiger partial charge in [0.2, 0.25) is 0 Å². The topological polar surface area (TPSA) is 50.4 Å². The maximum absolute atomic E-state index is 11.7. The quantitative estimate of drug-likeness (QED) is 0.841. The van der Waals surface area contributed by atoms with E-state index >= 15 is 0 Å². The Morgan fingerprint density at radius 2 is 1.76 bits per heavy atom. The van der Waals surface area contributed by atoms with Crippen molar-refractivity contribution in [2.24, 2.45) is 0 Å². The van der Waals surface area contributed by atoms with Crippen LogP contribution in [-0.2, 0) is 4.74 Å². The summed E-state index contributed by atoms with van der Waals surface area (Å²) in [6.45, 7) is 7.50. The molecule has 2 aromatic rings. The lowest BCUT2D eigenvalue weighted by Crippen LogP contribution is -2.42. The van der Waals surface area contributed by atoms with Gasteiger partial charge < -0.3 is 4.74 Å². The Balaban J connectivity index is 2.06. The Hall–Kier alpha value is -2.07.